The summed E-state index contributed by atoms with van der Waals surface area (Å²) < 4.78 is 15.1. The molecule has 0 aliphatic rings. The zero-order valence-corrected chi connectivity index (χ0v) is 12.9. The lowest BCUT2D eigenvalue weighted by atomic mass is 10.2. The van der Waals surface area contributed by atoms with Crippen molar-refractivity contribution >= 4 is 17.3 Å². The molecule has 1 heterocycles. The zero-order chi connectivity index (χ0) is 17.8. The molecule has 0 radical (unpaired) electrons. The molecule has 8 heteroatoms. The van der Waals surface area contributed by atoms with Crippen LogP contribution in [0.4, 0.5) is 15.8 Å². The minimum Gasteiger partial charge on any atom is -0.319 e. The van der Waals surface area contributed by atoms with Gasteiger partial charge in [0.1, 0.15) is 5.82 Å². The maximum atomic E-state index is 13.7. The summed E-state index contributed by atoms with van der Waals surface area (Å²) in [5.74, 6) is -0.825. The first kappa shape index (κ1) is 16.3. The van der Waals surface area contributed by atoms with Crippen LogP contribution in [0.5, 0.6) is 0 Å². The summed E-state index contributed by atoms with van der Waals surface area (Å²) in [5.41, 5.74) is 0.883. The fourth-order valence-electron chi connectivity index (χ4n) is 2.28. The van der Waals surface area contributed by atoms with Gasteiger partial charge in [0, 0.05) is 29.5 Å². The third-order valence-electron chi connectivity index (χ3n) is 3.50. The molecule has 0 aliphatic carbocycles. The number of benzene rings is 2. The van der Waals surface area contributed by atoms with Gasteiger partial charge in [-0.05, 0) is 12.1 Å². The highest BCUT2D eigenvalue weighted by Gasteiger charge is 2.12. The highest BCUT2D eigenvalue weighted by atomic mass is 19.1. The van der Waals surface area contributed by atoms with Crippen LogP contribution in [0.1, 0.15) is 15.9 Å². The normalized spacial score (nSPS) is 10.4. The largest absolute Gasteiger partial charge is 0.319 e. The minimum absolute atomic E-state index is 0.163. The van der Waals surface area contributed by atoms with Crippen LogP contribution in [0, 0.1) is 15.9 Å². The Kier molecular flexibility index (Phi) is 4.51. The van der Waals surface area contributed by atoms with Gasteiger partial charge >= 0.3 is 0 Å². The Hall–Kier alpha value is -3.55. The molecule has 2 aromatic carbocycles. The molecule has 3 rings (SSSR count). The Labute approximate surface area is 141 Å². The summed E-state index contributed by atoms with van der Waals surface area (Å²) in [4.78, 5) is 22.4. The van der Waals surface area contributed by atoms with Gasteiger partial charge in [-0.25, -0.2) is 4.39 Å². The number of amides is 1. The van der Waals surface area contributed by atoms with Crippen molar-refractivity contribution < 1.29 is 14.1 Å². The number of aromatic nitrogens is 2. The van der Waals surface area contributed by atoms with Gasteiger partial charge in [0.05, 0.1) is 23.4 Å². The van der Waals surface area contributed by atoms with Crippen molar-refractivity contribution in [1.29, 1.82) is 0 Å². The number of nitrogens with zero attached hydrogens (tertiary/aromatic N) is 3. The molecule has 0 unspecified atom stereocenters. The van der Waals surface area contributed by atoms with E-state index in [-0.39, 0.29) is 23.6 Å². The van der Waals surface area contributed by atoms with Crippen LogP contribution in [0.2, 0.25) is 0 Å². The smallest absolute Gasteiger partial charge is 0.270 e. The van der Waals surface area contributed by atoms with Gasteiger partial charge in [0.15, 0.2) is 0 Å². The topological polar surface area (TPSA) is 90.1 Å². The number of anilines is 1. The van der Waals surface area contributed by atoms with Gasteiger partial charge in [-0.15, -0.1) is 0 Å². The van der Waals surface area contributed by atoms with Crippen LogP contribution in [0.25, 0.3) is 0 Å². The van der Waals surface area contributed by atoms with E-state index in [2.05, 4.69) is 10.4 Å². The maximum absolute atomic E-state index is 13.7. The number of nitro groups is 1. The number of hydrogen-bond acceptors (Lipinski definition) is 4. The van der Waals surface area contributed by atoms with Crippen LogP contribution in [-0.4, -0.2) is 20.6 Å². The second-order valence-corrected chi connectivity index (χ2v) is 5.28. The molecule has 0 aliphatic heterocycles. The van der Waals surface area contributed by atoms with Crippen molar-refractivity contribution in [2.24, 2.45) is 0 Å². The van der Waals surface area contributed by atoms with E-state index in [0.717, 1.165) is 0 Å². The number of rotatable bonds is 5. The van der Waals surface area contributed by atoms with Gasteiger partial charge in [-0.2, -0.15) is 5.10 Å². The Morgan fingerprint density at radius 3 is 2.80 bits per heavy atom. The van der Waals surface area contributed by atoms with E-state index in [1.54, 1.807) is 24.4 Å². The molecule has 25 heavy (non-hydrogen) atoms. The van der Waals surface area contributed by atoms with E-state index < -0.39 is 10.8 Å². The van der Waals surface area contributed by atoms with Gasteiger partial charge < -0.3 is 5.32 Å². The standard InChI is InChI=1S/C17H13FN4O3/c18-16-7-2-1-4-13(16)10-21-11-14(9-19-21)20-17(23)12-5-3-6-15(8-12)22(24)25/h1-9,11H,10H2,(H,20,23). The third-order valence-corrected chi connectivity index (χ3v) is 3.50. The molecule has 126 valence electrons. The molecular weight excluding hydrogens is 327 g/mol. The lowest BCUT2D eigenvalue weighted by Gasteiger charge is -2.04. The van der Waals surface area contributed by atoms with Crippen LogP contribution in [0.3, 0.4) is 0 Å². The van der Waals surface area contributed by atoms with Crippen molar-refractivity contribution in [3.63, 3.8) is 0 Å². The second kappa shape index (κ2) is 6.91. The Morgan fingerprint density at radius 2 is 2.04 bits per heavy atom. The fourth-order valence-corrected chi connectivity index (χ4v) is 2.28. The summed E-state index contributed by atoms with van der Waals surface area (Å²) in [6.45, 7) is 0.222. The van der Waals surface area contributed by atoms with E-state index in [0.29, 0.717) is 11.3 Å². The van der Waals surface area contributed by atoms with Crippen LogP contribution in [0.15, 0.2) is 60.9 Å². The molecule has 1 N–H and O–H groups in total. The molecule has 0 saturated carbocycles. The molecule has 0 atom stereocenters. The molecule has 0 spiro atoms. The van der Waals surface area contributed by atoms with Crippen molar-refractivity contribution in [3.8, 4) is 0 Å². The highest BCUT2D eigenvalue weighted by molar-refractivity contribution is 6.04. The Morgan fingerprint density at radius 1 is 1.24 bits per heavy atom. The van der Waals surface area contributed by atoms with Crippen LogP contribution >= 0.6 is 0 Å². The number of hydrogen-bond donors (Lipinski definition) is 1. The van der Waals surface area contributed by atoms with Gasteiger partial charge in [-0.3, -0.25) is 19.6 Å². The van der Waals surface area contributed by atoms with E-state index in [4.69, 9.17) is 0 Å². The van der Waals surface area contributed by atoms with Crippen molar-refractivity contribution in [2.75, 3.05) is 5.32 Å². The molecule has 7 nitrogen and oxygen atoms in total. The first-order valence-electron chi connectivity index (χ1n) is 7.34. The van der Waals surface area contributed by atoms with Crippen LogP contribution in [-0.2, 0) is 6.54 Å². The zero-order valence-electron chi connectivity index (χ0n) is 12.9. The van der Waals surface area contributed by atoms with Crippen molar-refractivity contribution in [3.05, 3.63) is 88.0 Å². The monoisotopic (exact) mass is 340 g/mol. The first-order valence-corrected chi connectivity index (χ1v) is 7.34. The van der Waals surface area contributed by atoms with E-state index >= 15 is 0 Å². The summed E-state index contributed by atoms with van der Waals surface area (Å²) in [6, 6.07) is 11.8. The number of carbonyl (C=O) groups excluding carboxylic acids is 1. The first-order chi connectivity index (χ1) is 12.0. The second-order valence-electron chi connectivity index (χ2n) is 5.28. The van der Waals surface area contributed by atoms with Gasteiger partial charge in [-0.1, -0.05) is 24.3 Å². The predicted molar refractivity (Wildman–Crippen MR) is 88.8 cm³/mol. The Balaban J connectivity index is 1.71. The number of nitro benzene ring substituents is 1. The van der Waals surface area contributed by atoms with Gasteiger partial charge in [0.25, 0.3) is 11.6 Å². The van der Waals surface area contributed by atoms with E-state index in [9.17, 15) is 19.3 Å². The summed E-state index contributed by atoms with van der Waals surface area (Å²) in [5, 5.41) is 17.4. The summed E-state index contributed by atoms with van der Waals surface area (Å²) in [7, 11) is 0. The number of nitrogens with one attached hydrogen (secondary N) is 1. The number of non-ortho nitro benzene ring substituents is 1. The summed E-state index contributed by atoms with van der Waals surface area (Å²) >= 11 is 0. The third kappa shape index (κ3) is 3.86. The Bertz CT molecular complexity index is 939. The van der Waals surface area contributed by atoms with Crippen LogP contribution < -0.4 is 5.32 Å². The quantitative estimate of drug-likeness (QED) is 0.570. The lowest BCUT2D eigenvalue weighted by Crippen LogP contribution is -2.11. The SMILES string of the molecule is O=C(Nc1cnn(Cc2ccccc2F)c1)c1cccc([N+](=O)[O-])c1. The maximum Gasteiger partial charge on any atom is 0.270 e. The number of carbonyl (C=O) groups is 1. The molecular formula is C17H13FN4O3. The number of halogens is 1. The molecule has 0 fully saturated rings. The van der Waals surface area contributed by atoms with Gasteiger partial charge in [0.2, 0.25) is 0 Å². The minimum atomic E-state index is -0.566. The molecule has 0 bridgehead atoms. The average molecular weight is 340 g/mol. The average Bonchev–Trinajstić information content (AvgIpc) is 3.04. The van der Waals surface area contributed by atoms with Crippen molar-refractivity contribution in [1.82, 2.24) is 9.78 Å². The molecule has 3 aromatic rings. The van der Waals surface area contributed by atoms with E-state index in [1.807, 2.05) is 0 Å². The predicted octanol–water partition coefficient (Wildman–Crippen LogP) is 3.23. The lowest BCUT2D eigenvalue weighted by molar-refractivity contribution is -0.384. The molecule has 1 amide bonds. The fraction of sp³-hybridized carbons (Fsp3) is 0.0588. The van der Waals surface area contributed by atoms with E-state index in [1.165, 1.54) is 41.2 Å². The molecule has 0 saturated heterocycles. The van der Waals surface area contributed by atoms with Crippen molar-refractivity contribution in [2.45, 2.75) is 6.54 Å². The summed E-state index contributed by atoms with van der Waals surface area (Å²) in [6.07, 6.45) is 2.98. The highest BCUT2D eigenvalue weighted by Crippen LogP contribution is 2.15. The molecule has 1 aromatic heterocycles.